The maximum absolute atomic E-state index is 12.4. The molecule has 0 fully saturated rings. The van der Waals surface area contributed by atoms with Crippen molar-refractivity contribution in [3.8, 4) is 0 Å². The molecule has 3 N–H and O–H groups in total. The minimum atomic E-state index is -4.41. The van der Waals surface area contributed by atoms with Gasteiger partial charge in [0.15, 0.2) is 0 Å². The van der Waals surface area contributed by atoms with Gasteiger partial charge in [-0.05, 0) is 42.8 Å². The number of sulfonamides is 2. The summed E-state index contributed by atoms with van der Waals surface area (Å²) in [7, 11) is -8.68. The summed E-state index contributed by atoms with van der Waals surface area (Å²) in [6.45, 7) is 1.74. The summed E-state index contributed by atoms with van der Waals surface area (Å²) in [5, 5.41) is 5.02. The molecular formula is C14H13BrN2O5S2. The fourth-order valence-corrected chi connectivity index (χ4v) is 4.53. The Morgan fingerprint density at radius 1 is 1.04 bits per heavy atom. The van der Waals surface area contributed by atoms with Gasteiger partial charge < -0.3 is 0 Å². The van der Waals surface area contributed by atoms with Crippen LogP contribution in [-0.4, -0.2) is 22.7 Å². The Morgan fingerprint density at radius 2 is 1.62 bits per heavy atom. The molecule has 0 aliphatic heterocycles. The molecule has 2 rings (SSSR count). The lowest BCUT2D eigenvalue weighted by molar-refractivity contribution is 0.0981. The van der Waals surface area contributed by atoms with Crippen molar-refractivity contribution in [3.05, 3.63) is 58.1 Å². The molecule has 2 aromatic carbocycles. The van der Waals surface area contributed by atoms with Crippen molar-refractivity contribution in [3.63, 3.8) is 0 Å². The second-order valence-electron chi connectivity index (χ2n) is 4.89. The van der Waals surface area contributed by atoms with Crippen LogP contribution in [0.3, 0.4) is 0 Å². The molecule has 24 heavy (non-hydrogen) atoms. The van der Waals surface area contributed by atoms with Gasteiger partial charge in [0.05, 0.1) is 0 Å². The summed E-state index contributed by atoms with van der Waals surface area (Å²) >= 11 is 3.28. The van der Waals surface area contributed by atoms with Crippen LogP contribution in [0.25, 0.3) is 0 Å². The molecule has 0 spiro atoms. The van der Waals surface area contributed by atoms with Crippen molar-refractivity contribution in [2.45, 2.75) is 16.7 Å². The smallest absolute Gasteiger partial charge is 0.265 e. The molecule has 0 aromatic heterocycles. The Kier molecular flexibility index (Phi) is 5.14. The quantitative estimate of drug-likeness (QED) is 0.757. The summed E-state index contributed by atoms with van der Waals surface area (Å²) < 4.78 is 50.4. The first-order valence-corrected chi connectivity index (χ1v) is 10.3. The number of hydrogen-bond donors (Lipinski definition) is 2. The zero-order chi connectivity index (χ0) is 18.1. The monoisotopic (exact) mass is 432 g/mol. The number of benzene rings is 2. The second-order valence-corrected chi connectivity index (χ2v) is 8.93. The third-order valence-corrected chi connectivity index (χ3v) is 6.47. The standard InChI is InChI=1S/C14H13BrN2O5S2/c1-9-8-10(6-7-11(9)15)14(18)17-24(21,22)13-5-3-2-4-12(13)23(16,19)20/h2-8H,1H3,(H,17,18)(H2,16,19,20). The number of carbonyl (C=O) groups excluding carboxylic acids is 1. The fraction of sp³-hybridized carbons (Fsp3) is 0.0714. The highest BCUT2D eigenvalue weighted by Crippen LogP contribution is 2.20. The number of amides is 1. The lowest BCUT2D eigenvalue weighted by atomic mass is 10.1. The largest absolute Gasteiger partial charge is 0.268 e. The Morgan fingerprint density at radius 3 is 2.17 bits per heavy atom. The molecule has 2 aromatic rings. The molecule has 0 unspecified atom stereocenters. The number of halogens is 1. The fourth-order valence-electron chi connectivity index (χ4n) is 1.93. The van der Waals surface area contributed by atoms with E-state index in [4.69, 9.17) is 5.14 Å². The van der Waals surface area contributed by atoms with E-state index in [1.165, 1.54) is 24.3 Å². The predicted octanol–water partition coefficient (Wildman–Crippen LogP) is 1.52. The number of aryl methyl sites for hydroxylation is 1. The Labute approximate surface area is 148 Å². The molecule has 0 saturated carbocycles. The molecule has 7 nitrogen and oxygen atoms in total. The lowest BCUT2D eigenvalue weighted by Gasteiger charge is -2.10. The third-order valence-electron chi connectivity index (χ3n) is 3.09. The summed E-state index contributed by atoms with van der Waals surface area (Å²) in [5.74, 6) is -0.880. The van der Waals surface area contributed by atoms with Crippen LogP contribution < -0.4 is 9.86 Å². The van der Waals surface area contributed by atoms with E-state index in [1.54, 1.807) is 13.0 Å². The van der Waals surface area contributed by atoms with Crippen LogP contribution in [0.4, 0.5) is 0 Å². The molecule has 0 aliphatic carbocycles. The van der Waals surface area contributed by atoms with E-state index < -0.39 is 35.7 Å². The maximum atomic E-state index is 12.4. The number of nitrogens with one attached hydrogen (secondary N) is 1. The van der Waals surface area contributed by atoms with Gasteiger partial charge in [0.1, 0.15) is 9.79 Å². The van der Waals surface area contributed by atoms with Crippen LogP contribution >= 0.6 is 15.9 Å². The van der Waals surface area contributed by atoms with Gasteiger partial charge in [-0.25, -0.2) is 26.7 Å². The summed E-state index contributed by atoms with van der Waals surface area (Å²) in [4.78, 5) is 11.0. The van der Waals surface area contributed by atoms with Gasteiger partial charge in [-0.1, -0.05) is 28.1 Å². The highest BCUT2D eigenvalue weighted by atomic mass is 79.9. The summed E-state index contributed by atoms with van der Waals surface area (Å²) in [5.41, 5.74) is 0.859. The van der Waals surface area contributed by atoms with Gasteiger partial charge in [-0.2, -0.15) is 0 Å². The molecule has 0 atom stereocenters. The van der Waals surface area contributed by atoms with Crippen LogP contribution in [0.1, 0.15) is 15.9 Å². The van der Waals surface area contributed by atoms with E-state index in [2.05, 4.69) is 15.9 Å². The average molecular weight is 433 g/mol. The molecule has 10 heteroatoms. The predicted molar refractivity (Wildman–Crippen MR) is 91.3 cm³/mol. The van der Waals surface area contributed by atoms with Gasteiger partial charge in [0, 0.05) is 10.0 Å². The first-order valence-electron chi connectivity index (χ1n) is 6.47. The van der Waals surface area contributed by atoms with Crippen molar-refractivity contribution >= 4 is 41.9 Å². The van der Waals surface area contributed by atoms with E-state index in [9.17, 15) is 21.6 Å². The zero-order valence-electron chi connectivity index (χ0n) is 12.4. The highest BCUT2D eigenvalue weighted by molar-refractivity contribution is 9.10. The Bertz CT molecular complexity index is 1020. The number of primary sulfonamides is 1. The summed E-state index contributed by atoms with van der Waals surface area (Å²) in [6, 6.07) is 9.32. The zero-order valence-corrected chi connectivity index (χ0v) is 15.6. The SMILES string of the molecule is Cc1cc(C(=O)NS(=O)(=O)c2ccccc2S(N)(=O)=O)ccc1Br. The highest BCUT2D eigenvalue weighted by Gasteiger charge is 2.26. The Hall–Kier alpha value is -1.75. The minimum absolute atomic E-state index is 0.118. The topological polar surface area (TPSA) is 123 Å². The molecule has 0 heterocycles. The van der Waals surface area contributed by atoms with E-state index in [0.717, 1.165) is 22.2 Å². The van der Waals surface area contributed by atoms with Crippen molar-refractivity contribution in [1.82, 2.24) is 4.72 Å². The van der Waals surface area contributed by atoms with E-state index >= 15 is 0 Å². The van der Waals surface area contributed by atoms with Crippen LogP contribution in [-0.2, 0) is 20.0 Å². The number of rotatable bonds is 4. The maximum Gasteiger partial charge on any atom is 0.265 e. The van der Waals surface area contributed by atoms with Gasteiger partial charge in [0.25, 0.3) is 15.9 Å². The molecular weight excluding hydrogens is 420 g/mol. The average Bonchev–Trinajstić information content (AvgIpc) is 2.48. The molecule has 1 amide bonds. The van der Waals surface area contributed by atoms with E-state index in [0.29, 0.717) is 0 Å². The van der Waals surface area contributed by atoms with Crippen LogP contribution in [0.15, 0.2) is 56.7 Å². The van der Waals surface area contributed by atoms with E-state index in [1.807, 2.05) is 4.72 Å². The Balaban J connectivity index is 2.42. The van der Waals surface area contributed by atoms with Crippen molar-refractivity contribution in [2.75, 3.05) is 0 Å². The second kappa shape index (κ2) is 6.63. The number of carbonyl (C=O) groups is 1. The normalized spacial score (nSPS) is 12.0. The van der Waals surface area contributed by atoms with E-state index in [-0.39, 0.29) is 5.56 Å². The first-order chi connectivity index (χ1) is 11.0. The number of nitrogens with two attached hydrogens (primary N) is 1. The molecule has 0 bridgehead atoms. The van der Waals surface area contributed by atoms with Gasteiger partial charge in [0.2, 0.25) is 10.0 Å². The van der Waals surface area contributed by atoms with Crippen LogP contribution in [0.5, 0.6) is 0 Å². The molecule has 0 saturated heterocycles. The third kappa shape index (κ3) is 4.01. The minimum Gasteiger partial charge on any atom is -0.268 e. The van der Waals surface area contributed by atoms with Crippen molar-refractivity contribution < 1.29 is 21.6 Å². The van der Waals surface area contributed by atoms with Crippen LogP contribution in [0, 0.1) is 6.92 Å². The number of hydrogen-bond acceptors (Lipinski definition) is 5. The lowest BCUT2D eigenvalue weighted by Crippen LogP contribution is -2.32. The van der Waals surface area contributed by atoms with Crippen molar-refractivity contribution in [2.24, 2.45) is 5.14 Å². The van der Waals surface area contributed by atoms with Gasteiger partial charge in [-0.3, -0.25) is 4.79 Å². The molecule has 0 radical (unpaired) electrons. The molecule has 128 valence electrons. The van der Waals surface area contributed by atoms with Gasteiger partial charge >= 0.3 is 0 Å². The van der Waals surface area contributed by atoms with Crippen molar-refractivity contribution in [1.29, 1.82) is 0 Å². The molecule has 0 aliphatic rings. The van der Waals surface area contributed by atoms with Gasteiger partial charge in [-0.15, -0.1) is 0 Å². The summed E-state index contributed by atoms with van der Waals surface area (Å²) in [6.07, 6.45) is 0. The first kappa shape index (κ1) is 18.6. The van der Waals surface area contributed by atoms with Crippen LogP contribution in [0.2, 0.25) is 0 Å².